The standard InChI is InChI=1S/C13H22.C8H12O.C7H7F.C4H10.C2H6.C2H4/c1-5-8-9-12(4)10-11-13(6-2)7-3;1-4-6-8(5-2)7(3)9;1-6-2-4-7(8)5-3-6;1-3-4-2;2*1-2/h6,10-11H,4-5,7-9H2,1-3H3;4-6H,1-3H3;2-5H,1H3;3-4H2,1-2H3;1-2H3;1-2H2/b11-10-,13-6-;6-4-,8-5+;;;;. The quantitative estimate of drug-likeness (QED) is 0.177. The third-order valence-electron chi connectivity index (χ3n) is 4.74. The summed E-state index contributed by atoms with van der Waals surface area (Å²) in [7, 11) is 0. The van der Waals surface area contributed by atoms with E-state index >= 15 is 0 Å². The maximum Gasteiger partial charge on any atom is 0.159 e. The first-order valence-electron chi connectivity index (χ1n) is 14.2. The van der Waals surface area contributed by atoms with Crippen LogP contribution in [0, 0.1) is 12.7 Å². The van der Waals surface area contributed by atoms with Crippen LogP contribution in [0.3, 0.4) is 0 Å². The number of hydrogen-bond acceptors (Lipinski definition) is 1. The summed E-state index contributed by atoms with van der Waals surface area (Å²) in [6.07, 6.45) is 19.3. The molecule has 0 heterocycles. The van der Waals surface area contributed by atoms with E-state index in [1.54, 1.807) is 19.1 Å². The predicted octanol–water partition coefficient (Wildman–Crippen LogP) is 12.5. The molecule has 0 unspecified atom stereocenters. The number of Topliss-reactive ketones (excluding diaryl/α,β-unsaturated/α-hetero) is 1. The topological polar surface area (TPSA) is 17.1 Å². The highest BCUT2D eigenvalue weighted by molar-refractivity contribution is 5.95. The van der Waals surface area contributed by atoms with Gasteiger partial charge in [-0.25, -0.2) is 4.39 Å². The van der Waals surface area contributed by atoms with Crippen LogP contribution in [0.2, 0.25) is 0 Å². The molecule has 0 aliphatic carbocycles. The van der Waals surface area contributed by atoms with Crippen molar-refractivity contribution >= 4 is 5.78 Å². The Hall–Kier alpha value is -2.74. The van der Waals surface area contributed by atoms with Crippen LogP contribution in [0.4, 0.5) is 4.39 Å². The van der Waals surface area contributed by atoms with Crippen LogP contribution in [-0.4, -0.2) is 5.78 Å². The average molecular weight is 529 g/mol. The summed E-state index contributed by atoms with van der Waals surface area (Å²) >= 11 is 0. The predicted molar refractivity (Wildman–Crippen MR) is 175 cm³/mol. The van der Waals surface area contributed by atoms with Crippen LogP contribution in [0.15, 0.2) is 97.2 Å². The van der Waals surface area contributed by atoms with Crippen LogP contribution in [0.25, 0.3) is 0 Å². The van der Waals surface area contributed by atoms with Crippen LogP contribution < -0.4 is 0 Å². The molecule has 0 radical (unpaired) electrons. The maximum absolute atomic E-state index is 12.1. The van der Waals surface area contributed by atoms with Gasteiger partial charge in [-0.1, -0.05) is 133 Å². The summed E-state index contributed by atoms with van der Waals surface area (Å²) < 4.78 is 12.1. The minimum atomic E-state index is -0.171. The molecule has 0 aromatic heterocycles. The Morgan fingerprint density at radius 2 is 1.34 bits per heavy atom. The van der Waals surface area contributed by atoms with E-state index in [-0.39, 0.29) is 11.6 Å². The SMILES string of the molecule is C/C=C\C(=C/C)C(C)=O.C=C.C=C(/C=C\C(=C/C)CC)CCCC.CC.CCCC.Cc1ccc(F)cc1. The number of benzene rings is 1. The summed E-state index contributed by atoms with van der Waals surface area (Å²) in [5, 5.41) is 0. The van der Waals surface area contributed by atoms with Gasteiger partial charge in [-0.2, -0.15) is 0 Å². The van der Waals surface area contributed by atoms with Crippen molar-refractivity contribution in [3.8, 4) is 0 Å². The van der Waals surface area contributed by atoms with Crippen molar-refractivity contribution in [1.29, 1.82) is 0 Å². The molecule has 1 nitrogen and oxygen atoms in total. The minimum Gasteiger partial charge on any atom is -0.295 e. The smallest absolute Gasteiger partial charge is 0.159 e. The van der Waals surface area contributed by atoms with Crippen LogP contribution in [-0.2, 0) is 4.79 Å². The number of unbranched alkanes of at least 4 members (excludes halogenated alkanes) is 2. The fourth-order valence-electron chi connectivity index (χ4n) is 2.26. The highest BCUT2D eigenvalue weighted by Crippen LogP contribution is 2.09. The molecule has 2 heteroatoms. The van der Waals surface area contributed by atoms with Gasteiger partial charge in [-0.3, -0.25) is 4.79 Å². The third-order valence-corrected chi connectivity index (χ3v) is 4.74. The Morgan fingerprint density at radius 3 is 1.61 bits per heavy atom. The molecule has 0 saturated heterocycles. The Bertz CT molecular complexity index is 738. The van der Waals surface area contributed by atoms with E-state index in [1.165, 1.54) is 49.0 Å². The van der Waals surface area contributed by atoms with E-state index in [2.05, 4.69) is 72.6 Å². The zero-order chi connectivity index (χ0) is 30.8. The molecule has 0 aliphatic heterocycles. The second kappa shape index (κ2) is 38.8. The highest BCUT2D eigenvalue weighted by Gasteiger charge is 1.93. The van der Waals surface area contributed by atoms with E-state index in [0.29, 0.717) is 0 Å². The minimum absolute atomic E-state index is 0.121. The van der Waals surface area contributed by atoms with Crippen LogP contribution >= 0.6 is 0 Å². The van der Waals surface area contributed by atoms with E-state index in [9.17, 15) is 9.18 Å². The molecule has 0 amide bonds. The molecule has 0 atom stereocenters. The van der Waals surface area contributed by atoms with Crippen LogP contribution in [0.1, 0.15) is 113 Å². The zero-order valence-electron chi connectivity index (χ0n) is 26.9. The number of hydrogen-bond donors (Lipinski definition) is 0. The number of aryl methyl sites for hydroxylation is 1. The fraction of sp³-hybridized carbons (Fsp3) is 0.472. The summed E-state index contributed by atoms with van der Waals surface area (Å²) in [6, 6.07) is 6.40. The zero-order valence-corrected chi connectivity index (χ0v) is 26.9. The van der Waals surface area contributed by atoms with Gasteiger partial charge in [0.15, 0.2) is 5.78 Å². The molecule has 0 bridgehead atoms. The van der Waals surface area contributed by atoms with Gasteiger partial charge in [-0.15, -0.1) is 13.2 Å². The summed E-state index contributed by atoms with van der Waals surface area (Å²) in [4.78, 5) is 10.6. The molecule has 0 spiro atoms. The van der Waals surface area contributed by atoms with Crippen molar-refractivity contribution in [1.82, 2.24) is 0 Å². The number of allylic oxidation sites excluding steroid dienone is 9. The summed E-state index contributed by atoms with van der Waals surface area (Å²) in [6.45, 7) is 32.1. The largest absolute Gasteiger partial charge is 0.295 e. The van der Waals surface area contributed by atoms with Gasteiger partial charge in [-0.05, 0) is 66.0 Å². The molecular formula is C36H61FO. The maximum atomic E-state index is 12.1. The number of halogens is 1. The number of ketones is 1. The van der Waals surface area contributed by atoms with E-state index in [4.69, 9.17) is 0 Å². The molecule has 38 heavy (non-hydrogen) atoms. The second-order valence-corrected chi connectivity index (χ2v) is 7.91. The van der Waals surface area contributed by atoms with Crippen molar-refractivity contribution in [2.24, 2.45) is 0 Å². The molecule has 218 valence electrons. The molecule has 0 aliphatic rings. The number of carbonyl (C=O) groups excluding carboxylic acids is 1. The number of rotatable bonds is 9. The highest BCUT2D eigenvalue weighted by atomic mass is 19.1. The van der Waals surface area contributed by atoms with Gasteiger partial charge >= 0.3 is 0 Å². The molecule has 0 fully saturated rings. The summed E-state index contributed by atoms with van der Waals surface area (Å²) in [5.41, 5.74) is 4.50. The van der Waals surface area contributed by atoms with E-state index in [1.807, 2.05) is 52.8 Å². The van der Waals surface area contributed by atoms with Crippen molar-refractivity contribution in [2.75, 3.05) is 0 Å². The lowest BCUT2D eigenvalue weighted by atomic mass is 10.1. The Morgan fingerprint density at radius 1 is 0.842 bits per heavy atom. The van der Waals surface area contributed by atoms with Crippen molar-refractivity contribution in [2.45, 2.75) is 115 Å². The molecule has 0 N–H and O–H groups in total. The van der Waals surface area contributed by atoms with Gasteiger partial charge in [0.05, 0.1) is 0 Å². The Balaban J connectivity index is -0.000000128. The van der Waals surface area contributed by atoms with Gasteiger partial charge in [0.2, 0.25) is 0 Å². The molecule has 1 aromatic carbocycles. The summed E-state index contributed by atoms with van der Waals surface area (Å²) in [5.74, 6) is -0.0498. The monoisotopic (exact) mass is 528 g/mol. The van der Waals surface area contributed by atoms with Gasteiger partial charge in [0.25, 0.3) is 0 Å². The second-order valence-electron chi connectivity index (χ2n) is 7.91. The third kappa shape index (κ3) is 37.8. The van der Waals surface area contributed by atoms with Gasteiger partial charge in [0.1, 0.15) is 5.82 Å². The molecular weight excluding hydrogens is 467 g/mol. The van der Waals surface area contributed by atoms with E-state index in [0.717, 1.165) is 24.0 Å². The lowest BCUT2D eigenvalue weighted by Crippen LogP contribution is -1.90. The lowest BCUT2D eigenvalue weighted by Gasteiger charge is -1.98. The van der Waals surface area contributed by atoms with Crippen molar-refractivity contribution < 1.29 is 9.18 Å². The van der Waals surface area contributed by atoms with Crippen molar-refractivity contribution in [3.63, 3.8) is 0 Å². The van der Waals surface area contributed by atoms with Gasteiger partial charge in [0, 0.05) is 5.57 Å². The fourth-order valence-corrected chi connectivity index (χ4v) is 2.26. The average Bonchev–Trinajstić information content (AvgIpc) is 2.95. The first-order valence-corrected chi connectivity index (χ1v) is 14.2. The van der Waals surface area contributed by atoms with Gasteiger partial charge < -0.3 is 0 Å². The Labute approximate surface area is 238 Å². The van der Waals surface area contributed by atoms with E-state index < -0.39 is 0 Å². The lowest BCUT2D eigenvalue weighted by molar-refractivity contribution is -0.113. The normalized spacial score (nSPS) is 10.2. The van der Waals surface area contributed by atoms with Crippen LogP contribution in [0.5, 0.6) is 0 Å². The first kappa shape index (κ1) is 45.2. The first-order chi connectivity index (χ1) is 18.2. The van der Waals surface area contributed by atoms with Crippen molar-refractivity contribution in [3.05, 3.63) is 109 Å². The molecule has 0 saturated carbocycles. The molecule has 1 aromatic rings. The number of carbonyl (C=O) groups is 1. The Kier molecular flexibility index (Phi) is 46.1. The molecule has 1 rings (SSSR count).